The van der Waals surface area contributed by atoms with Crippen molar-refractivity contribution >= 4 is 17.2 Å². The van der Waals surface area contributed by atoms with Gasteiger partial charge in [0.1, 0.15) is 18.1 Å². The Labute approximate surface area is 172 Å². The summed E-state index contributed by atoms with van der Waals surface area (Å²) in [6, 6.07) is 20.1. The van der Waals surface area contributed by atoms with E-state index in [-0.39, 0.29) is 18.1 Å². The monoisotopic (exact) mass is 403 g/mol. The Morgan fingerprint density at radius 2 is 1.87 bits per heavy atom. The van der Waals surface area contributed by atoms with Crippen LogP contribution in [-0.2, 0) is 17.8 Å². The van der Waals surface area contributed by atoms with Crippen molar-refractivity contribution in [1.29, 1.82) is 0 Å². The summed E-state index contributed by atoms with van der Waals surface area (Å²) in [5.41, 5.74) is 2.29. The van der Waals surface area contributed by atoms with Crippen molar-refractivity contribution in [2.24, 2.45) is 0 Å². The van der Waals surface area contributed by atoms with Crippen molar-refractivity contribution < 1.29 is 14.1 Å². The van der Waals surface area contributed by atoms with Gasteiger partial charge in [0.15, 0.2) is 5.65 Å². The molecular formula is C23H21N3O4. The standard InChI is InChI=1S/C23H21N3O4/c1-16-13-21-24-18(14-23(28)26(21)30-16)15-29-20-10-6-5-9-19(20)25-22(27)12-11-17-7-3-2-4-8-17/h2-10,13-14H,11-12,15H2,1H3,(H,25,27). The van der Waals surface area contributed by atoms with E-state index < -0.39 is 0 Å². The highest BCUT2D eigenvalue weighted by Crippen LogP contribution is 2.25. The molecule has 152 valence electrons. The molecule has 0 aliphatic heterocycles. The molecule has 0 saturated carbocycles. The lowest BCUT2D eigenvalue weighted by atomic mass is 10.1. The second kappa shape index (κ2) is 8.65. The lowest BCUT2D eigenvalue weighted by molar-refractivity contribution is -0.116. The minimum Gasteiger partial charge on any atom is -0.485 e. The molecule has 2 heterocycles. The lowest BCUT2D eigenvalue weighted by Gasteiger charge is -2.12. The summed E-state index contributed by atoms with van der Waals surface area (Å²) in [6.07, 6.45) is 1.03. The van der Waals surface area contributed by atoms with Crippen molar-refractivity contribution in [2.45, 2.75) is 26.4 Å². The zero-order valence-electron chi connectivity index (χ0n) is 16.5. The smallest absolute Gasteiger partial charge is 0.287 e. The molecular weight excluding hydrogens is 382 g/mol. The predicted molar refractivity (Wildman–Crippen MR) is 113 cm³/mol. The highest BCUT2D eigenvalue weighted by Gasteiger charge is 2.11. The van der Waals surface area contributed by atoms with E-state index in [1.807, 2.05) is 42.5 Å². The Morgan fingerprint density at radius 3 is 2.70 bits per heavy atom. The first-order valence-electron chi connectivity index (χ1n) is 9.64. The van der Waals surface area contributed by atoms with Crippen LogP contribution in [0.15, 0.2) is 76.0 Å². The van der Waals surface area contributed by atoms with Gasteiger partial charge in [-0.2, -0.15) is 0 Å². The van der Waals surface area contributed by atoms with Gasteiger partial charge in [-0.05, 0) is 31.0 Å². The number of benzene rings is 2. The molecule has 0 fully saturated rings. The number of carbonyl (C=O) groups is 1. The van der Waals surface area contributed by atoms with Crippen LogP contribution in [0.5, 0.6) is 5.75 Å². The van der Waals surface area contributed by atoms with Gasteiger partial charge in [0.05, 0.1) is 11.4 Å². The summed E-state index contributed by atoms with van der Waals surface area (Å²) in [4.78, 5) is 28.9. The lowest BCUT2D eigenvalue weighted by Crippen LogP contribution is -2.15. The van der Waals surface area contributed by atoms with Crippen LogP contribution in [0.1, 0.15) is 23.4 Å². The highest BCUT2D eigenvalue weighted by molar-refractivity contribution is 5.92. The van der Waals surface area contributed by atoms with E-state index in [0.29, 0.717) is 41.4 Å². The number of nitrogens with one attached hydrogen (secondary N) is 1. The summed E-state index contributed by atoms with van der Waals surface area (Å²) in [6.45, 7) is 1.84. The summed E-state index contributed by atoms with van der Waals surface area (Å²) >= 11 is 0. The van der Waals surface area contributed by atoms with Crippen LogP contribution in [0.25, 0.3) is 5.65 Å². The van der Waals surface area contributed by atoms with Crippen LogP contribution < -0.4 is 15.6 Å². The SMILES string of the molecule is Cc1cc2nc(COc3ccccc3NC(=O)CCc3ccccc3)cc(=O)n2o1. The molecule has 1 N–H and O–H groups in total. The van der Waals surface area contributed by atoms with E-state index in [0.717, 1.165) is 10.1 Å². The summed E-state index contributed by atoms with van der Waals surface area (Å²) in [7, 11) is 0. The summed E-state index contributed by atoms with van der Waals surface area (Å²) < 4.78 is 12.3. The number of ether oxygens (including phenoxy) is 1. The van der Waals surface area contributed by atoms with Gasteiger partial charge in [0.2, 0.25) is 5.91 Å². The van der Waals surface area contributed by atoms with E-state index in [2.05, 4.69) is 10.3 Å². The zero-order chi connectivity index (χ0) is 20.9. The molecule has 0 unspecified atom stereocenters. The third-order valence-corrected chi connectivity index (χ3v) is 4.54. The van der Waals surface area contributed by atoms with E-state index in [4.69, 9.17) is 9.26 Å². The van der Waals surface area contributed by atoms with Crippen LogP contribution in [0.2, 0.25) is 0 Å². The molecule has 7 heteroatoms. The number of aryl methyl sites for hydroxylation is 2. The van der Waals surface area contributed by atoms with Gasteiger partial charge in [-0.3, -0.25) is 9.59 Å². The highest BCUT2D eigenvalue weighted by atomic mass is 16.5. The number of fused-ring (bicyclic) bond motifs is 1. The van der Waals surface area contributed by atoms with Crippen molar-refractivity contribution in [3.05, 3.63) is 94.1 Å². The maximum atomic E-state index is 12.4. The first-order valence-corrected chi connectivity index (χ1v) is 9.64. The Hall–Kier alpha value is -3.87. The van der Waals surface area contributed by atoms with Gasteiger partial charge in [0, 0.05) is 18.6 Å². The summed E-state index contributed by atoms with van der Waals surface area (Å²) in [5.74, 6) is 1.01. The maximum Gasteiger partial charge on any atom is 0.287 e. The predicted octanol–water partition coefficient (Wildman–Crippen LogP) is 3.75. The van der Waals surface area contributed by atoms with Crippen molar-refractivity contribution in [1.82, 2.24) is 9.56 Å². The third kappa shape index (κ3) is 4.57. The first-order chi connectivity index (χ1) is 14.6. The molecule has 0 bridgehead atoms. The van der Waals surface area contributed by atoms with Gasteiger partial charge >= 0.3 is 0 Å². The Balaban J connectivity index is 1.42. The number of hydrogen-bond acceptors (Lipinski definition) is 5. The van der Waals surface area contributed by atoms with Gasteiger partial charge in [-0.15, -0.1) is 4.57 Å². The van der Waals surface area contributed by atoms with Crippen molar-refractivity contribution in [3.63, 3.8) is 0 Å². The van der Waals surface area contributed by atoms with Crippen LogP contribution in [0.4, 0.5) is 5.69 Å². The minimum atomic E-state index is -0.311. The fraction of sp³-hybridized carbons (Fsp3) is 0.174. The molecule has 4 aromatic rings. The Bertz CT molecular complexity index is 1230. The van der Waals surface area contributed by atoms with Gasteiger partial charge in [-0.1, -0.05) is 42.5 Å². The average molecular weight is 403 g/mol. The topological polar surface area (TPSA) is 85.8 Å². The van der Waals surface area contributed by atoms with Gasteiger partial charge in [-0.25, -0.2) is 4.98 Å². The molecule has 2 aromatic heterocycles. The molecule has 4 rings (SSSR count). The zero-order valence-corrected chi connectivity index (χ0v) is 16.5. The first kappa shape index (κ1) is 19.4. The number of aromatic nitrogens is 2. The van der Waals surface area contributed by atoms with Crippen LogP contribution in [0.3, 0.4) is 0 Å². The molecule has 0 aliphatic carbocycles. The van der Waals surface area contributed by atoms with E-state index >= 15 is 0 Å². The number of anilines is 1. The summed E-state index contributed by atoms with van der Waals surface area (Å²) in [5, 5.41) is 2.90. The number of hydrogen-bond donors (Lipinski definition) is 1. The molecule has 0 saturated heterocycles. The third-order valence-electron chi connectivity index (χ3n) is 4.54. The van der Waals surface area contributed by atoms with E-state index in [1.54, 1.807) is 25.1 Å². The number of carbonyl (C=O) groups excluding carboxylic acids is 1. The molecule has 30 heavy (non-hydrogen) atoms. The quantitative estimate of drug-likeness (QED) is 0.508. The van der Waals surface area contributed by atoms with Crippen molar-refractivity contribution in [2.75, 3.05) is 5.32 Å². The second-order valence-corrected chi connectivity index (χ2v) is 6.90. The maximum absolute atomic E-state index is 12.4. The Kier molecular flexibility index (Phi) is 5.61. The normalized spacial score (nSPS) is 10.8. The molecule has 0 radical (unpaired) electrons. The van der Waals surface area contributed by atoms with Gasteiger partial charge < -0.3 is 14.6 Å². The number of nitrogens with zero attached hydrogens (tertiary/aromatic N) is 2. The number of amides is 1. The van der Waals surface area contributed by atoms with Crippen LogP contribution in [0, 0.1) is 6.92 Å². The molecule has 7 nitrogen and oxygen atoms in total. The second-order valence-electron chi connectivity index (χ2n) is 6.90. The van der Waals surface area contributed by atoms with Crippen LogP contribution in [-0.4, -0.2) is 15.5 Å². The number of rotatable bonds is 7. The Morgan fingerprint density at radius 1 is 1.10 bits per heavy atom. The fourth-order valence-corrected chi connectivity index (χ4v) is 3.11. The van der Waals surface area contributed by atoms with E-state index in [9.17, 15) is 9.59 Å². The number of para-hydroxylation sites is 2. The molecule has 1 amide bonds. The van der Waals surface area contributed by atoms with E-state index in [1.165, 1.54) is 6.07 Å². The average Bonchev–Trinajstić information content (AvgIpc) is 3.13. The largest absolute Gasteiger partial charge is 0.485 e. The van der Waals surface area contributed by atoms with Crippen molar-refractivity contribution in [3.8, 4) is 5.75 Å². The molecule has 0 atom stereocenters. The molecule has 2 aromatic carbocycles. The molecule has 0 spiro atoms. The van der Waals surface area contributed by atoms with Crippen LogP contribution >= 0.6 is 0 Å². The van der Waals surface area contributed by atoms with Gasteiger partial charge in [0.25, 0.3) is 5.56 Å². The molecule has 0 aliphatic rings. The fourth-order valence-electron chi connectivity index (χ4n) is 3.11. The minimum absolute atomic E-state index is 0.0901.